The molecule has 0 heterocycles. The van der Waals surface area contributed by atoms with Gasteiger partial charge in [-0.2, -0.15) is 4.79 Å². The molecular weight excluding hydrogens is 228 g/mol. The van der Waals surface area contributed by atoms with Crippen LogP contribution in [0.25, 0.3) is 5.53 Å². The lowest BCUT2D eigenvalue weighted by molar-refractivity contribution is -0.126. The largest absolute Gasteiger partial charge is 0.362 e. The van der Waals surface area contributed by atoms with Gasteiger partial charge in [-0.15, -0.1) is 0 Å². The molecule has 0 atom stereocenters. The second-order valence-corrected chi connectivity index (χ2v) is 6.02. The molecule has 4 nitrogen and oxygen atoms in total. The van der Waals surface area contributed by atoms with Gasteiger partial charge < -0.3 is 5.53 Å². The second kappa shape index (κ2) is 6.05. The van der Waals surface area contributed by atoms with E-state index in [1.165, 1.54) is 6.92 Å². The van der Waals surface area contributed by atoms with Crippen LogP contribution in [0.15, 0.2) is 0 Å². The molecule has 0 N–H and O–H groups in total. The number of hydrogen-bond donors (Lipinski definition) is 0. The summed E-state index contributed by atoms with van der Waals surface area (Å²) in [7, 11) is 0. The van der Waals surface area contributed by atoms with Crippen molar-refractivity contribution < 1.29 is 14.4 Å². The van der Waals surface area contributed by atoms with Crippen LogP contribution in [0, 0.1) is 10.8 Å². The highest BCUT2D eigenvalue weighted by molar-refractivity contribution is 6.05. The Kier molecular flexibility index (Phi) is 5.62. The molecule has 0 aromatic carbocycles. The Morgan fingerprint density at radius 2 is 1.56 bits per heavy atom. The van der Waals surface area contributed by atoms with Gasteiger partial charge in [-0.3, -0.25) is 9.59 Å². The van der Waals surface area contributed by atoms with Crippen LogP contribution < -0.4 is 0 Å². The Morgan fingerprint density at radius 1 is 1.06 bits per heavy atom. The molecule has 0 fully saturated rings. The third-order valence-corrected chi connectivity index (χ3v) is 3.89. The smallest absolute Gasteiger partial charge is 0.281 e. The summed E-state index contributed by atoms with van der Waals surface area (Å²) >= 11 is 0. The van der Waals surface area contributed by atoms with Gasteiger partial charge in [0, 0.05) is 11.8 Å². The monoisotopic (exact) mass is 252 g/mol. The lowest BCUT2D eigenvalue weighted by atomic mass is 9.78. The molecule has 0 aliphatic heterocycles. The summed E-state index contributed by atoms with van der Waals surface area (Å²) in [6, 6.07) is 0. The van der Waals surface area contributed by atoms with E-state index in [2.05, 4.69) is 4.79 Å². The lowest BCUT2D eigenvalue weighted by Gasteiger charge is -2.21. The van der Waals surface area contributed by atoms with Crippen molar-refractivity contribution in [2.24, 2.45) is 10.8 Å². The second-order valence-electron chi connectivity index (χ2n) is 6.02. The molecule has 0 bridgehead atoms. The zero-order chi connectivity index (χ0) is 14.6. The Hall–Kier alpha value is -1.28. The molecule has 0 saturated carbocycles. The molecule has 0 radical (unpaired) electrons. The minimum absolute atomic E-state index is 0.0267. The van der Waals surface area contributed by atoms with Crippen LogP contribution in [0.4, 0.5) is 0 Å². The fourth-order valence-corrected chi connectivity index (χ4v) is 1.56. The molecule has 18 heavy (non-hydrogen) atoms. The average molecular weight is 252 g/mol. The lowest BCUT2D eigenvalue weighted by Crippen LogP contribution is -2.33. The predicted molar refractivity (Wildman–Crippen MR) is 71.4 cm³/mol. The zero-order valence-electron chi connectivity index (χ0n) is 12.3. The maximum atomic E-state index is 11.5. The maximum absolute atomic E-state index is 11.5. The summed E-state index contributed by atoms with van der Waals surface area (Å²) in [5.41, 5.74) is 8.40. The predicted octanol–water partition coefficient (Wildman–Crippen LogP) is 3.06. The topological polar surface area (TPSA) is 70.5 Å². The summed E-state index contributed by atoms with van der Waals surface area (Å²) in [5, 5.41) is 0. The number of Topliss-reactive ketones (excluding diaryl/α,β-unsaturated/α-hetero) is 2. The highest BCUT2D eigenvalue weighted by Gasteiger charge is 2.37. The van der Waals surface area contributed by atoms with E-state index in [0.717, 1.165) is 12.8 Å². The van der Waals surface area contributed by atoms with Gasteiger partial charge in [-0.25, -0.2) is 0 Å². The number of ketones is 2. The Balaban J connectivity index is 4.60. The van der Waals surface area contributed by atoms with Gasteiger partial charge in [0.05, 0.1) is 0 Å². The molecule has 0 aliphatic carbocycles. The van der Waals surface area contributed by atoms with Gasteiger partial charge in [0.25, 0.3) is 5.71 Å². The Labute approximate surface area is 109 Å². The molecule has 4 heteroatoms. The van der Waals surface area contributed by atoms with Gasteiger partial charge in [0.1, 0.15) is 17.0 Å². The van der Waals surface area contributed by atoms with Crippen LogP contribution in [0.1, 0.15) is 60.8 Å². The molecule has 0 saturated heterocycles. The molecular formula is C14H24N2O2. The highest BCUT2D eigenvalue weighted by Crippen LogP contribution is 2.27. The maximum Gasteiger partial charge on any atom is 0.281 e. The first-order chi connectivity index (χ1) is 8.05. The van der Waals surface area contributed by atoms with Crippen molar-refractivity contribution in [1.82, 2.24) is 0 Å². The highest BCUT2D eigenvalue weighted by atomic mass is 16.1. The summed E-state index contributed by atoms with van der Waals surface area (Å²) in [6.45, 7) is 10.4. The number of nitrogens with zero attached hydrogens (tertiary/aromatic N) is 2. The molecule has 0 rings (SSSR count). The van der Waals surface area contributed by atoms with Gasteiger partial charge in [0.2, 0.25) is 0 Å². The van der Waals surface area contributed by atoms with Crippen molar-refractivity contribution in [1.29, 1.82) is 0 Å². The molecule has 0 aromatic rings. The summed E-state index contributed by atoms with van der Waals surface area (Å²) < 4.78 is 0. The number of carbonyl (C=O) groups excluding carboxylic acids is 2. The fourth-order valence-electron chi connectivity index (χ4n) is 1.56. The van der Waals surface area contributed by atoms with Gasteiger partial charge in [-0.05, 0) is 40.5 Å². The number of rotatable bonds is 7. The van der Waals surface area contributed by atoms with Gasteiger partial charge in [-0.1, -0.05) is 13.8 Å². The van der Waals surface area contributed by atoms with Crippen LogP contribution in [-0.2, 0) is 9.59 Å². The quantitative estimate of drug-likeness (QED) is 0.397. The van der Waals surface area contributed by atoms with Crippen molar-refractivity contribution in [3.8, 4) is 0 Å². The third kappa shape index (κ3) is 4.19. The van der Waals surface area contributed by atoms with Crippen LogP contribution in [0.5, 0.6) is 0 Å². The van der Waals surface area contributed by atoms with Gasteiger partial charge in [0.15, 0.2) is 0 Å². The van der Waals surface area contributed by atoms with E-state index in [9.17, 15) is 9.59 Å². The Bertz CT molecular complexity index is 389. The molecule has 0 unspecified atom stereocenters. The van der Waals surface area contributed by atoms with Crippen molar-refractivity contribution in [2.75, 3.05) is 0 Å². The van der Waals surface area contributed by atoms with Crippen LogP contribution in [0.3, 0.4) is 0 Å². The first-order valence-corrected chi connectivity index (χ1v) is 6.29. The molecule has 0 aromatic heterocycles. The summed E-state index contributed by atoms with van der Waals surface area (Å²) in [4.78, 5) is 26.1. The van der Waals surface area contributed by atoms with E-state index in [-0.39, 0.29) is 17.0 Å². The molecule has 102 valence electrons. The minimum atomic E-state index is -0.741. The van der Waals surface area contributed by atoms with E-state index in [1.54, 1.807) is 20.8 Å². The van der Waals surface area contributed by atoms with E-state index in [0.29, 0.717) is 12.1 Å². The summed E-state index contributed by atoms with van der Waals surface area (Å²) in [5.74, 6) is 0.122. The van der Waals surface area contributed by atoms with Crippen LogP contribution >= 0.6 is 0 Å². The van der Waals surface area contributed by atoms with E-state index in [4.69, 9.17) is 5.53 Å². The normalized spacial score (nSPS) is 11.9. The van der Waals surface area contributed by atoms with Crippen molar-refractivity contribution in [3.63, 3.8) is 0 Å². The minimum Gasteiger partial charge on any atom is -0.362 e. The van der Waals surface area contributed by atoms with Crippen molar-refractivity contribution in [2.45, 2.75) is 60.8 Å². The first-order valence-electron chi connectivity index (χ1n) is 6.29. The molecule has 0 spiro atoms. The van der Waals surface area contributed by atoms with Crippen LogP contribution in [-0.4, -0.2) is 22.1 Å². The fraction of sp³-hybridized carbons (Fsp3) is 0.786. The standard InChI is InChI=1S/C14H24N2O2/c1-10(17)13(3,4)9-7-8-12(16-15)14(5,6)11(2)18/h7-9H2,1-6H3. The first kappa shape index (κ1) is 16.7. The Morgan fingerprint density at radius 3 is 1.89 bits per heavy atom. The summed E-state index contributed by atoms with van der Waals surface area (Å²) in [6.07, 6.45) is 1.97. The van der Waals surface area contributed by atoms with E-state index >= 15 is 0 Å². The number of hydrogen-bond acceptors (Lipinski definition) is 2. The average Bonchev–Trinajstić information content (AvgIpc) is 2.23. The third-order valence-electron chi connectivity index (χ3n) is 3.89. The van der Waals surface area contributed by atoms with Crippen molar-refractivity contribution >= 4 is 17.3 Å². The van der Waals surface area contributed by atoms with E-state index in [1.807, 2.05) is 13.8 Å². The van der Waals surface area contributed by atoms with Crippen molar-refractivity contribution in [3.05, 3.63) is 5.53 Å². The molecule has 0 amide bonds. The SMILES string of the molecule is CC(=O)C(C)(C)CCCC(=[N+]=[N-])C(C)(C)C(C)=O. The van der Waals surface area contributed by atoms with Crippen LogP contribution in [0.2, 0.25) is 0 Å². The zero-order valence-corrected chi connectivity index (χ0v) is 12.3. The van der Waals surface area contributed by atoms with E-state index < -0.39 is 5.41 Å². The number of carbonyl (C=O) groups is 2. The molecule has 0 aliphatic rings. The van der Waals surface area contributed by atoms with Gasteiger partial charge >= 0.3 is 0 Å².